The maximum absolute atomic E-state index is 10.3. The number of ether oxygens (including phenoxy) is 2. The molecule has 6 heteroatoms. The van der Waals surface area contributed by atoms with Crippen molar-refractivity contribution in [3.63, 3.8) is 0 Å². The molecule has 0 radical (unpaired) electrons. The number of hydrogen-bond donors (Lipinski definition) is 4. The first kappa shape index (κ1) is 21.2. The first-order valence-electron chi connectivity index (χ1n) is 9.33. The van der Waals surface area contributed by atoms with E-state index in [1.807, 2.05) is 60.7 Å². The van der Waals surface area contributed by atoms with Crippen LogP contribution in [0.4, 0.5) is 0 Å². The molecule has 0 spiro atoms. The summed E-state index contributed by atoms with van der Waals surface area (Å²) >= 11 is 0. The van der Waals surface area contributed by atoms with Crippen molar-refractivity contribution in [2.45, 2.75) is 18.6 Å². The molecule has 6 nitrogen and oxygen atoms in total. The van der Waals surface area contributed by atoms with Crippen molar-refractivity contribution in [2.75, 3.05) is 39.5 Å². The minimum Gasteiger partial charge on any atom is -0.491 e. The highest BCUT2D eigenvalue weighted by molar-refractivity contribution is 5.21. The fourth-order valence-corrected chi connectivity index (χ4v) is 2.82. The zero-order valence-electron chi connectivity index (χ0n) is 15.5. The van der Waals surface area contributed by atoms with Gasteiger partial charge in [-0.15, -0.1) is 0 Å². The maximum atomic E-state index is 10.3. The van der Waals surface area contributed by atoms with Crippen LogP contribution in [0.5, 0.6) is 11.5 Å². The zero-order chi connectivity index (χ0) is 19.3. The second-order valence-corrected chi connectivity index (χ2v) is 6.54. The summed E-state index contributed by atoms with van der Waals surface area (Å²) < 4.78 is 11.2. The summed E-state index contributed by atoms with van der Waals surface area (Å²) in [6.45, 7) is 1.95. The molecule has 3 atom stereocenters. The molecular weight excluding hydrogens is 346 g/mol. The van der Waals surface area contributed by atoms with Crippen LogP contribution in [0.15, 0.2) is 60.7 Å². The van der Waals surface area contributed by atoms with Gasteiger partial charge in [0.25, 0.3) is 0 Å². The second-order valence-electron chi connectivity index (χ2n) is 6.54. The van der Waals surface area contributed by atoms with Gasteiger partial charge in [-0.2, -0.15) is 0 Å². The Balaban J connectivity index is 1.76. The van der Waals surface area contributed by atoms with Crippen LogP contribution in [0.25, 0.3) is 0 Å². The van der Waals surface area contributed by atoms with Crippen LogP contribution < -0.4 is 14.4 Å². The number of hydrogen-bond acceptors (Lipinski definition) is 5. The molecule has 1 unspecified atom stereocenters. The van der Waals surface area contributed by atoms with E-state index >= 15 is 0 Å². The molecule has 0 aliphatic rings. The van der Waals surface area contributed by atoms with Crippen molar-refractivity contribution in [2.24, 2.45) is 0 Å². The Morgan fingerprint density at radius 3 is 1.59 bits per heavy atom. The van der Waals surface area contributed by atoms with E-state index in [4.69, 9.17) is 14.6 Å². The lowest BCUT2D eigenvalue weighted by Gasteiger charge is -2.24. The van der Waals surface area contributed by atoms with Gasteiger partial charge in [0.1, 0.15) is 50.0 Å². The molecule has 0 amide bonds. The molecule has 0 aliphatic heterocycles. The summed E-state index contributed by atoms with van der Waals surface area (Å²) in [6.07, 6.45) is -0.726. The van der Waals surface area contributed by atoms with Gasteiger partial charge in [-0.05, 0) is 24.3 Å². The van der Waals surface area contributed by atoms with Gasteiger partial charge in [-0.1, -0.05) is 36.4 Å². The van der Waals surface area contributed by atoms with Crippen LogP contribution in [0, 0.1) is 0 Å². The highest BCUT2D eigenvalue weighted by Gasteiger charge is 2.20. The average molecular weight is 376 g/mol. The van der Waals surface area contributed by atoms with Gasteiger partial charge >= 0.3 is 0 Å². The van der Waals surface area contributed by atoms with Crippen molar-refractivity contribution in [3.05, 3.63) is 60.7 Å². The minimum atomic E-state index is -0.666. The molecule has 0 bridgehead atoms. The van der Waals surface area contributed by atoms with Gasteiger partial charge in [0.2, 0.25) is 0 Å². The molecule has 2 aromatic rings. The molecule has 2 rings (SSSR count). The molecular formula is C21H30NO5+. The standard InChI is InChI=1S/C21H29NO5/c23-13-7-12-22(14-18(24)16-26-20-8-3-1-4-9-20)15-19(25)17-27-21-10-5-2-6-11-21/h1-6,8-11,18-19,23-25H,7,12-17H2/p+1/t18-,19+. The normalized spacial score (nSPS) is 14.3. The molecule has 0 aliphatic carbocycles. The van der Waals surface area contributed by atoms with E-state index in [-0.39, 0.29) is 19.8 Å². The van der Waals surface area contributed by atoms with Crippen molar-refractivity contribution < 1.29 is 29.7 Å². The number of nitrogens with one attached hydrogen (secondary N) is 1. The number of benzene rings is 2. The topological polar surface area (TPSA) is 83.6 Å². The van der Waals surface area contributed by atoms with E-state index in [0.717, 1.165) is 4.90 Å². The van der Waals surface area contributed by atoms with Gasteiger partial charge in [-0.3, -0.25) is 0 Å². The van der Waals surface area contributed by atoms with E-state index in [1.54, 1.807) is 0 Å². The van der Waals surface area contributed by atoms with Crippen molar-refractivity contribution in [3.8, 4) is 11.5 Å². The molecule has 0 fully saturated rings. The SMILES string of the molecule is OCCC[NH+](C[C@H](O)COc1ccccc1)C[C@@H](O)COc1ccccc1. The van der Waals surface area contributed by atoms with Crippen molar-refractivity contribution >= 4 is 0 Å². The lowest BCUT2D eigenvalue weighted by Crippen LogP contribution is -3.14. The predicted molar refractivity (Wildman–Crippen MR) is 103 cm³/mol. The number of para-hydroxylation sites is 2. The Morgan fingerprint density at radius 1 is 0.741 bits per heavy atom. The predicted octanol–water partition coefficient (Wildman–Crippen LogP) is 0.134. The Kier molecular flexibility index (Phi) is 9.65. The van der Waals surface area contributed by atoms with E-state index in [2.05, 4.69) is 0 Å². The number of aliphatic hydroxyl groups is 3. The van der Waals surface area contributed by atoms with Crippen LogP contribution in [0.1, 0.15) is 6.42 Å². The van der Waals surface area contributed by atoms with Crippen LogP contribution in [0.3, 0.4) is 0 Å². The third kappa shape index (κ3) is 8.88. The Morgan fingerprint density at radius 2 is 1.19 bits per heavy atom. The van der Waals surface area contributed by atoms with Crippen LogP contribution in [-0.2, 0) is 0 Å². The number of quaternary nitrogens is 1. The highest BCUT2D eigenvalue weighted by Crippen LogP contribution is 2.09. The Bertz CT molecular complexity index is 559. The summed E-state index contributed by atoms with van der Waals surface area (Å²) in [5.41, 5.74) is 0. The molecule has 27 heavy (non-hydrogen) atoms. The lowest BCUT2D eigenvalue weighted by atomic mass is 10.2. The molecule has 0 heterocycles. The summed E-state index contributed by atoms with van der Waals surface area (Å²) in [7, 11) is 0. The van der Waals surface area contributed by atoms with Crippen molar-refractivity contribution in [1.29, 1.82) is 0 Å². The summed E-state index contributed by atoms with van der Waals surface area (Å²) in [6, 6.07) is 18.7. The van der Waals surface area contributed by atoms with Gasteiger partial charge in [-0.25, -0.2) is 0 Å². The summed E-state index contributed by atoms with van der Waals surface area (Å²) in [4.78, 5) is 0.998. The first-order chi connectivity index (χ1) is 13.2. The molecule has 148 valence electrons. The highest BCUT2D eigenvalue weighted by atomic mass is 16.5. The van der Waals surface area contributed by atoms with Gasteiger partial charge < -0.3 is 29.7 Å². The molecule has 2 aromatic carbocycles. The molecule has 4 N–H and O–H groups in total. The van der Waals surface area contributed by atoms with Crippen LogP contribution in [0.2, 0.25) is 0 Å². The number of rotatable bonds is 13. The maximum Gasteiger partial charge on any atom is 0.137 e. The first-order valence-corrected chi connectivity index (χ1v) is 9.33. The van der Waals surface area contributed by atoms with Crippen LogP contribution in [-0.4, -0.2) is 67.0 Å². The zero-order valence-corrected chi connectivity index (χ0v) is 15.5. The fourth-order valence-electron chi connectivity index (χ4n) is 2.82. The molecule has 0 saturated heterocycles. The lowest BCUT2D eigenvalue weighted by molar-refractivity contribution is -0.906. The quantitative estimate of drug-likeness (QED) is 0.400. The second kappa shape index (κ2) is 12.3. The minimum absolute atomic E-state index is 0.0801. The fraction of sp³-hybridized carbons (Fsp3) is 0.429. The van der Waals surface area contributed by atoms with E-state index < -0.39 is 12.2 Å². The van der Waals surface area contributed by atoms with E-state index in [1.165, 1.54) is 0 Å². The van der Waals surface area contributed by atoms with Crippen LogP contribution >= 0.6 is 0 Å². The largest absolute Gasteiger partial charge is 0.491 e. The summed E-state index contributed by atoms with van der Waals surface area (Å²) in [5, 5.41) is 29.7. The van der Waals surface area contributed by atoms with Gasteiger partial charge in [0, 0.05) is 13.0 Å². The Labute approximate surface area is 160 Å². The monoisotopic (exact) mass is 376 g/mol. The number of aliphatic hydroxyl groups excluding tert-OH is 3. The van der Waals surface area contributed by atoms with Gasteiger partial charge in [0.05, 0.1) is 6.54 Å². The van der Waals surface area contributed by atoms with E-state index in [0.29, 0.717) is 37.6 Å². The van der Waals surface area contributed by atoms with Crippen molar-refractivity contribution in [1.82, 2.24) is 0 Å². The average Bonchev–Trinajstić information content (AvgIpc) is 2.70. The Hall–Kier alpha value is -2.12. The third-order valence-corrected chi connectivity index (χ3v) is 4.11. The van der Waals surface area contributed by atoms with E-state index in [9.17, 15) is 10.2 Å². The smallest absolute Gasteiger partial charge is 0.137 e. The van der Waals surface area contributed by atoms with Gasteiger partial charge in [0.15, 0.2) is 0 Å². The molecule has 0 aromatic heterocycles. The summed E-state index contributed by atoms with van der Waals surface area (Å²) in [5.74, 6) is 1.43. The third-order valence-electron chi connectivity index (χ3n) is 4.11. The molecule has 0 saturated carbocycles.